The fraction of sp³-hybridized carbons (Fsp3) is 0.400. The van der Waals surface area contributed by atoms with Gasteiger partial charge in [0.15, 0.2) is 0 Å². The van der Waals surface area contributed by atoms with Crippen molar-refractivity contribution in [3.05, 3.63) is 62.7 Å². The molecule has 0 saturated carbocycles. The largest absolute Gasteiger partial charge is 0.488 e. The van der Waals surface area contributed by atoms with Gasteiger partial charge in [-0.3, -0.25) is 4.79 Å². The number of aryl methyl sites for hydroxylation is 3. The molecule has 6 heteroatoms. The first-order valence-electron chi connectivity index (χ1n) is 8.72. The highest BCUT2D eigenvalue weighted by atomic mass is 35.5. The molecule has 0 N–H and O–H groups in total. The highest BCUT2D eigenvalue weighted by molar-refractivity contribution is 6.31. The number of ether oxygens (including phenoxy) is 1. The molecule has 0 radical (unpaired) electrons. The van der Waals surface area contributed by atoms with Gasteiger partial charge in [-0.05, 0) is 37.5 Å². The van der Waals surface area contributed by atoms with Gasteiger partial charge in [0.1, 0.15) is 17.6 Å². The normalized spacial score (nSPS) is 16.7. The topological polar surface area (TPSA) is 59.8 Å². The lowest BCUT2D eigenvalue weighted by Gasteiger charge is -2.17. The summed E-state index contributed by atoms with van der Waals surface area (Å²) in [7, 11) is 0. The van der Waals surface area contributed by atoms with Gasteiger partial charge in [-0.15, -0.1) is 0 Å². The van der Waals surface area contributed by atoms with Gasteiger partial charge in [0.25, 0.3) is 0 Å². The third kappa shape index (κ3) is 4.67. The first kappa shape index (κ1) is 18.5. The summed E-state index contributed by atoms with van der Waals surface area (Å²) in [5, 5.41) is 0.741. The standard InChI is InChI=1S/C20H22ClNO4/c1-13-9-15(3-5-18(13)21)4-6-19(23)22-8-7-16(12-22)26-17-10-14(2)25-20(24)11-17/h3,5,9-11,16H,4,6-8,12H2,1-2H3. The summed E-state index contributed by atoms with van der Waals surface area (Å²) in [4.78, 5) is 25.7. The quantitative estimate of drug-likeness (QED) is 0.802. The molecule has 1 aliphatic rings. The van der Waals surface area contributed by atoms with E-state index >= 15 is 0 Å². The molecule has 138 valence electrons. The van der Waals surface area contributed by atoms with Crippen molar-refractivity contribution in [1.29, 1.82) is 0 Å². The Morgan fingerprint density at radius 1 is 1.31 bits per heavy atom. The molecular formula is C20H22ClNO4. The van der Waals surface area contributed by atoms with Crippen molar-refractivity contribution >= 4 is 17.5 Å². The van der Waals surface area contributed by atoms with E-state index in [9.17, 15) is 9.59 Å². The third-order valence-electron chi connectivity index (χ3n) is 4.52. The Morgan fingerprint density at radius 3 is 2.85 bits per heavy atom. The van der Waals surface area contributed by atoms with Crippen LogP contribution in [0.25, 0.3) is 0 Å². The predicted octanol–water partition coefficient (Wildman–Crippen LogP) is 3.52. The van der Waals surface area contributed by atoms with Crippen LogP contribution in [0.3, 0.4) is 0 Å². The number of hydrogen-bond donors (Lipinski definition) is 0. The SMILES string of the molecule is Cc1cc(OC2CCN(C(=O)CCc3ccc(Cl)c(C)c3)C2)cc(=O)o1. The minimum absolute atomic E-state index is 0.0991. The minimum atomic E-state index is -0.427. The van der Waals surface area contributed by atoms with Crippen LogP contribution in [0.5, 0.6) is 5.75 Å². The molecule has 1 fully saturated rings. The van der Waals surface area contributed by atoms with Crippen LogP contribution < -0.4 is 10.4 Å². The molecular weight excluding hydrogens is 354 g/mol. The Kier molecular flexibility index (Phi) is 5.67. The molecule has 2 heterocycles. The van der Waals surface area contributed by atoms with E-state index in [1.165, 1.54) is 6.07 Å². The average molecular weight is 376 g/mol. The Bertz CT molecular complexity index is 861. The monoisotopic (exact) mass is 375 g/mol. The van der Waals surface area contributed by atoms with Crippen LogP contribution in [0.1, 0.15) is 29.7 Å². The number of nitrogens with zero attached hydrogens (tertiary/aromatic N) is 1. The van der Waals surface area contributed by atoms with Gasteiger partial charge in [0.05, 0.1) is 12.6 Å². The van der Waals surface area contributed by atoms with E-state index in [-0.39, 0.29) is 12.0 Å². The number of carbonyl (C=O) groups is 1. The smallest absolute Gasteiger partial charge is 0.339 e. The van der Waals surface area contributed by atoms with Gasteiger partial charge in [-0.1, -0.05) is 23.7 Å². The van der Waals surface area contributed by atoms with Crippen LogP contribution >= 0.6 is 11.6 Å². The lowest BCUT2D eigenvalue weighted by atomic mass is 10.1. The number of hydrogen-bond acceptors (Lipinski definition) is 4. The molecule has 1 aromatic carbocycles. The maximum absolute atomic E-state index is 12.5. The van der Waals surface area contributed by atoms with E-state index in [0.29, 0.717) is 37.4 Å². The lowest BCUT2D eigenvalue weighted by molar-refractivity contribution is -0.130. The van der Waals surface area contributed by atoms with E-state index in [4.69, 9.17) is 20.8 Å². The highest BCUT2D eigenvalue weighted by Gasteiger charge is 2.27. The maximum Gasteiger partial charge on any atom is 0.339 e. The molecule has 1 amide bonds. The number of rotatable bonds is 5. The minimum Gasteiger partial charge on any atom is -0.488 e. The van der Waals surface area contributed by atoms with Gasteiger partial charge in [0, 0.05) is 30.5 Å². The fourth-order valence-corrected chi connectivity index (χ4v) is 3.28. The summed E-state index contributed by atoms with van der Waals surface area (Å²) in [5.74, 6) is 1.12. The molecule has 3 rings (SSSR count). The van der Waals surface area contributed by atoms with Gasteiger partial charge >= 0.3 is 5.63 Å². The number of carbonyl (C=O) groups excluding carboxylic acids is 1. The summed E-state index contributed by atoms with van der Waals surface area (Å²) in [6.07, 6.45) is 1.81. The van der Waals surface area contributed by atoms with Crippen molar-refractivity contribution in [3.8, 4) is 5.75 Å². The van der Waals surface area contributed by atoms with Gasteiger partial charge in [-0.2, -0.15) is 0 Å². The molecule has 2 aromatic rings. The number of halogens is 1. The molecule has 1 unspecified atom stereocenters. The van der Waals surface area contributed by atoms with Crippen molar-refractivity contribution in [2.45, 2.75) is 39.2 Å². The van der Waals surface area contributed by atoms with Crippen molar-refractivity contribution < 1.29 is 13.9 Å². The average Bonchev–Trinajstić information content (AvgIpc) is 3.03. The zero-order chi connectivity index (χ0) is 18.7. The van der Waals surface area contributed by atoms with Crippen molar-refractivity contribution in [1.82, 2.24) is 4.90 Å². The molecule has 1 atom stereocenters. The Labute approximate surface area is 157 Å². The van der Waals surface area contributed by atoms with Crippen LogP contribution in [0, 0.1) is 13.8 Å². The molecule has 1 aromatic heterocycles. The van der Waals surface area contributed by atoms with Crippen LogP contribution in [0.2, 0.25) is 5.02 Å². The zero-order valence-electron chi connectivity index (χ0n) is 15.0. The van der Waals surface area contributed by atoms with Crippen LogP contribution in [-0.4, -0.2) is 30.0 Å². The van der Waals surface area contributed by atoms with Crippen LogP contribution in [0.4, 0.5) is 0 Å². The van der Waals surface area contributed by atoms with Crippen molar-refractivity contribution in [2.24, 2.45) is 0 Å². The second-order valence-corrected chi connectivity index (χ2v) is 7.08. The van der Waals surface area contributed by atoms with E-state index in [2.05, 4.69) is 0 Å². The van der Waals surface area contributed by atoms with Crippen molar-refractivity contribution in [2.75, 3.05) is 13.1 Å². The fourth-order valence-electron chi connectivity index (χ4n) is 3.16. The first-order valence-corrected chi connectivity index (χ1v) is 9.10. The van der Waals surface area contributed by atoms with E-state index in [0.717, 1.165) is 22.6 Å². The summed E-state index contributed by atoms with van der Waals surface area (Å²) < 4.78 is 10.8. The van der Waals surface area contributed by atoms with E-state index in [1.807, 2.05) is 30.0 Å². The van der Waals surface area contributed by atoms with E-state index in [1.54, 1.807) is 13.0 Å². The number of likely N-dealkylation sites (tertiary alicyclic amines) is 1. The van der Waals surface area contributed by atoms with Crippen LogP contribution in [0.15, 0.2) is 39.5 Å². The highest BCUT2D eigenvalue weighted by Crippen LogP contribution is 2.20. The second kappa shape index (κ2) is 7.96. The van der Waals surface area contributed by atoms with Gasteiger partial charge in [-0.25, -0.2) is 4.79 Å². The van der Waals surface area contributed by atoms with Gasteiger partial charge in [0.2, 0.25) is 5.91 Å². The molecule has 26 heavy (non-hydrogen) atoms. The molecule has 0 spiro atoms. The molecule has 0 aliphatic carbocycles. The number of amides is 1. The summed E-state index contributed by atoms with van der Waals surface area (Å²) in [6, 6.07) is 8.88. The van der Waals surface area contributed by atoms with E-state index < -0.39 is 5.63 Å². The van der Waals surface area contributed by atoms with Crippen LogP contribution in [-0.2, 0) is 11.2 Å². The first-order chi connectivity index (χ1) is 12.4. The summed E-state index contributed by atoms with van der Waals surface area (Å²) >= 11 is 6.03. The molecule has 0 bridgehead atoms. The molecule has 5 nitrogen and oxygen atoms in total. The zero-order valence-corrected chi connectivity index (χ0v) is 15.7. The number of benzene rings is 1. The molecule has 1 aliphatic heterocycles. The van der Waals surface area contributed by atoms with Crippen molar-refractivity contribution in [3.63, 3.8) is 0 Å². The third-order valence-corrected chi connectivity index (χ3v) is 4.94. The Balaban J connectivity index is 1.52. The summed E-state index contributed by atoms with van der Waals surface area (Å²) in [5.41, 5.74) is 1.71. The Hall–Kier alpha value is -2.27. The van der Waals surface area contributed by atoms with Gasteiger partial charge < -0.3 is 14.1 Å². The Morgan fingerprint density at radius 2 is 2.12 bits per heavy atom. The lowest BCUT2D eigenvalue weighted by Crippen LogP contribution is -2.31. The predicted molar refractivity (Wildman–Crippen MR) is 99.8 cm³/mol. The maximum atomic E-state index is 12.5. The summed E-state index contributed by atoms with van der Waals surface area (Å²) in [6.45, 7) is 4.88. The molecule has 1 saturated heterocycles. The second-order valence-electron chi connectivity index (χ2n) is 6.67.